The molecule has 0 radical (unpaired) electrons. The summed E-state index contributed by atoms with van der Waals surface area (Å²) in [4.78, 5) is 21.9. The van der Waals surface area contributed by atoms with Gasteiger partial charge in [0.05, 0.1) is 32.6 Å². The zero-order valence-electron chi connectivity index (χ0n) is 17.4. The highest BCUT2D eigenvalue weighted by Crippen LogP contribution is 2.30. The third-order valence-electron chi connectivity index (χ3n) is 4.75. The van der Waals surface area contributed by atoms with Crippen LogP contribution >= 0.6 is 11.3 Å². The summed E-state index contributed by atoms with van der Waals surface area (Å²) in [7, 11) is 5.06. The van der Waals surface area contributed by atoms with Gasteiger partial charge in [0.2, 0.25) is 5.91 Å². The lowest BCUT2D eigenvalue weighted by atomic mass is 10.0. The van der Waals surface area contributed by atoms with Crippen molar-refractivity contribution in [1.82, 2.24) is 19.9 Å². The van der Waals surface area contributed by atoms with Gasteiger partial charge in [-0.1, -0.05) is 0 Å². The Bertz CT molecular complexity index is 1140. The van der Waals surface area contributed by atoms with E-state index in [1.54, 1.807) is 32.7 Å². The molecule has 0 fully saturated rings. The van der Waals surface area contributed by atoms with E-state index in [0.29, 0.717) is 28.8 Å². The van der Waals surface area contributed by atoms with Crippen LogP contribution in [0.4, 0.5) is 0 Å². The minimum atomic E-state index is -0.486. The molecule has 3 heterocycles. The lowest BCUT2D eigenvalue weighted by molar-refractivity contribution is -0.121. The Morgan fingerprint density at radius 1 is 1.26 bits per heavy atom. The summed E-state index contributed by atoms with van der Waals surface area (Å²) in [5.41, 5.74) is 1.48. The molecule has 0 saturated carbocycles. The van der Waals surface area contributed by atoms with Crippen LogP contribution in [0.2, 0.25) is 0 Å². The van der Waals surface area contributed by atoms with Gasteiger partial charge in [-0.3, -0.25) is 4.79 Å². The first kappa shape index (κ1) is 20.7. The highest BCUT2D eigenvalue weighted by Gasteiger charge is 2.23. The van der Waals surface area contributed by atoms with Crippen molar-refractivity contribution < 1.29 is 18.7 Å². The minimum Gasteiger partial charge on any atom is -0.497 e. The first-order chi connectivity index (χ1) is 15.1. The van der Waals surface area contributed by atoms with E-state index in [9.17, 15) is 4.79 Å². The molecule has 1 unspecified atom stereocenters. The van der Waals surface area contributed by atoms with Gasteiger partial charge in [0.25, 0.3) is 0 Å². The van der Waals surface area contributed by atoms with Crippen molar-refractivity contribution in [2.75, 3.05) is 14.2 Å². The second-order valence-electron chi connectivity index (χ2n) is 6.84. The molecule has 0 spiro atoms. The molecule has 1 aromatic carbocycles. The van der Waals surface area contributed by atoms with Gasteiger partial charge in [0.15, 0.2) is 10.8 Å². The molecule has 0 aliphatic heterocycles. The Kier molecular flexibility index (Phi) is 6.03. The van der Waals surface area contributed by atoms with Crippen LogP contribution in [0, 0.1) is 0 Å². The fraction of sp³-hybridized carbons (Fsp3) is 0.227. The number of hydrogen-bond acceptors (Lipinski definition) is 7. The maximum absolute atomic E-state index is 12.9. The second kappa shape index (κ2) is 9.05. The molecular formula is C22H22N4O4S. The zero-order valence-corrected chi connectivity index (χ0v) is 18.2. The van der Waals surface area contributed by atoms with Crippen LogP contribution in [-0.4, -0.2) is 34.7 Å². The molecule has 160 valence electrons. The van der Waals surface area contributed by atoms with E-state index >= 15 is 0 Å². The number of carbonyl (C=O) groups excluding carboxylic acids is 1. The molecule has 1 amide bonds. The van der Waals surface area contributed by atoms with Gasteiger partial charge < -0.3 is 23.8 Å². The average Bonchev–Trinajstić information content (AvgIpc) is 3.53. The van der Waals surface area contributed by atoms with Crippen molar-refractivity contribution in [3.05, 3.63) is 71.5 Å². The van der Waals surface area contributed by atoms with E-state index in [1.165, 1.54) is 11.3 Å². The molecule has 1 N–H and O–H groups in total. The number of thiazole rings is 1. The largest absolute Gasteiger partial charge is 0.497 e. The summed E-state index contributed by atoms with van der Waals surface area (Å²) in [6, 6.07) is 8.67. The van der Waals surface area contributed by atoms with Crippen molar-refractivity contribution >= 4 is 17.2 Å². The molecule has 0 bridgehead atoms. The highest BCUT2D eigenvalue weighted by molar-refractivity contribution is 7.13. The third kappa shape index (κ3) is 4.61. The number of aromatic nitrogens is 3. The van der Waals surface area contributed by atoms with Crippen LogP contribution in [0.3, 0.4) is 0 Å². The van der Waals surface area contributed by atoms with Crippen molar-refractivity contribution in [3.63, 3.8) is 0 Å². The van der Waals surface area contributed by atoms with E-state index in [0.717, 1.165) is 10.6 Å². The fourth-order valence-electron chi connectivity index (χ4n) is 3.23. The van der Waals surface area contributed by atoms with E-state index in [4.69, 9.17) is 13.9 Å². The number of imidazole rings is 1. The number of furan rings is 1. The number of benzene rings is 1. The third-order valence-corrected chi connectivity index (χ3v) is 5.66. The van der Waals surface area contributed by atoms with Crippen LogP contribution in [0.5, 0.6) is 11.5 Å². The van der Waals surface area contributed by atoms with Gasteiger partial charge >= 0.3 is 0 Å². The quantitative estimate of drug-likeness (QED) is 0.452. The molecule has 3 aromatic heterocycles. The molecule has 1 atom stereocenters. The zero-order chi connectivity index (χ0) is 21.8. The number of aryl methyl sites for hydroxylation is 1. The van der Waals surface area contributed by atoms with Crippen LogP contribution in [-0.2, 0) is 18.3 Å². The first-order valence-electron chi connectivity index (χ1n) is 9.55. The Hall–Kier alpha value is -3.59. The maximum atomic E-state index is 12.9. The van der Waals surface area contributed by atoms with Gasteiger partial charge in [-0.2, -0.15) is 0 Å². The Morgan fingerprint density at radius 2 is 2.03 bits per heavy atom. The average molecular weight is 439 g/mol. The minimum absolute atomic E-state index is 0.138. The molecule has 0 aliphatic carbocycles. The molecule has 0 aliphatic rings. The Morgan fingerprint density at radius 3 is 2.65 bits per heavy atom. The molecule has 0 saturated heterocycles. The van der Waals surface area contributed by atoms with Crippen molar-refractivity contribution in [1.29, 1.82) is 0 Å². The first-order valence-corrected chi connectivity index (χ1v) is 10.4. The summed E-state index contributed by atoms with van der Waals surface area (Å²) in [5.74, 6) is 2.46. The molecular weight excluding hydrogens is 416 g/mol. The molecule has 31 heavy (non-hydrogen) atoms. The molecule has 9 heteroatoms. The predicted octanol–water partition coefficient (Wildman–Crippen LogP) is 3.60. The summed E-state index contributed by atoms with van der Waals surface area (Å²) in [6.45, 7) is 0. The van der Waals surface area contributed by atoms with Crippen LogP contribution in [0.25, 0.3) is 10.8 Å². The second-order valence-corrected chi connectivity index (χ2v) is 7.70. The van der Waals surface area contributed by atoms with Gasteiger partial charge in [-0.25, -0.2) is 9.97 Å². The van der Waals surface area contributed by atoms with Gasteiger partial charge in [0, 0.05) is 30.9 Å². The number of amides is 1. The molecule has 8 nitrogen and oxygen atoms in total. The molecule has 4 aromatic rings. The smallest absolute Gasteiger partial charge is 0.226 e. The van der Waals surface area contributed by atoms with E-state index in [-0.39, 0.29) is 12.3 Å². The van der Waals surface area contributed by atoms with Crippen LogP contribution in [0.1, 0.15) is 23.1 Å². The topological polar surface area (TPSA) is 91.4 Å². The summed E-state index contributed by atoms with van der Waals surface area (Å²) >= 11 is 1.44. The highest BCUT2D eigenvalue weighted by atomic mass is 32.1. The maximum Gasteiger partial charge on any atom is 0.226 e. The Balaban J connectivity index is 1.58. The summed E-state index contributed by atoms with van der Waals surface area (Å²) < 4.78 is 18.0. The summed E-state index contributed by atoms with van der Waals surface area (Å²) in [6.07, 6.45) is 5.27. The van der Waals surface area contributed by atoms with Gasteiger partial charge in [-0.05, 0) is 29.8 Å². The van der Waals surface area contributed by atoms with Crippen molar-refractivity contribution in [3.8, 4) is 22.3 Å². The number of rotatable bonds is 8. The standard InChI is InChI=1S/C22H22N4O4S/c1-26-7-6-23-21(26)20(14-9-16(28-2)12-17(10-14)29-3)25-19(27)11-15-13-31-22(24-15)18-5-4-8-30-18/h4-10,12-13,20H,11H2,1-3H3,(H,25,27). The number of nitrogens with zero attached hydrogens (tertiary/aromatic N) is 3. The van der Waals surface area contributed by atoms with Crippen LogP contribution < -0.4 is 14.8 Å². The number of carbonyl (C=O) groups is 1. The number of nitrogens with one attached hydrogen (secondary N) is 1. The van der Waals surface area contributed by atoms with Crippen molar-refractivity contribution in [2.45, 2.75) is 12.5 Å². The fourth-order valence-corrected chi connectivity index (χ4v) is 4.01. The predicted molar refractivity (Wildman–Crippen MR) is 116 cm³/mol. The SMILES string of the molecule is COc1cc(OC)cc(C(NC(=O)Cc2csc(-c3ccco3)n2)c2nccn2C)c1. The van der Waals surface area contributed by atoms with Crippen molar-refractivity contribution in [2.24, 2.45) is 7.05 Å². The number of ether oxygens (including phenoxy) is 2. The van der Waals surface area contributed by atoms with Gasteiger partial charge in [0.1, 0.15) is 23.4 Å². The lowest BCUT2D eigenvalue weighted by Gasteiger charge is -2.20. The monoisotopic (exact) mass is 438 g/mol. The van der Waals surface area contributed by atoms with E-state index in [2.05, 4.69) is 15.3 Å². The van der Waals surface area contributed by atoms with E-state index in [1.807, 2.05) is 47.5 Å². The Labute approximate surface area is 183 Å². The van der Waals surface area contributed by atoms with Gasteiger partial charge in [-0.15, -0.1) is 11.3 Å². The normalized spacial score (nSPS) is 11.8. The number of hydrogen-bond donors (Lipinski definition) is 1. The summed E-state index contributed by atoms with van der Waals surface area (Å²) in [5, 5.41) is 5.68. The molecule has 4 rings (SSSR count). The van der Waals surface area contributed by atoms with E-state index < -0.39 is 6.04 Å². The lowest BCUT2D eigenvalue weighted by Crippen LogP contribution is -2.32. The number of methoxy groups -OCH3 is 2. The van der Waals surface area contributed by atoms with Crippen LogP contribution in [0.15, 0.2) is 58.8 Å².